The Morgan fingerprint density at radius 3 is 3.11 bits per heavy atom. The van der Waals surface area contributed by atoms with Crippen LogP contribution in [-0.2, 0) is 16.1 Å². The number of aliphatic carboxylic acids is 1. The maximum atomic E-state index is 11.5. The van der Waals surface area contributed by atoms with E-state index in [2.05, 4.69) is 10.3 Å². The van der Waals surface area contributed by atoms with Crippen molar-refractivity contribution in [2.24, 2.45) is 0 Å². The Kier molecular flexibility index (Phi) is 3.27. The molecule has 0 spiro atoms. The molecule has 6 nitrogen and oxygen atoms in total. The van der Waals surface area contributed by atoms with Crippen LogP contribution in [0.4, 0.5) is 5.82 Å². The minimum Gasteiger partial charge on any atom is -0.478 e. The van der Waals surface area contributed by atoms with E-state index >= 15 is 0 Å². The summed E-state index contributed by atoms with van der Waals surface area (Å²) in [7, 11) is 1.72. The number of likely N-dealkylation sites (N-methyl/N-ethyl adjacent to an activating group) is 1. The van der Waals surface area contributed by atoms with E-state index in [0.29, 0.717) is 17.9 Å². The summed E-state index contributed by atoms with van der Waals surface area (Å²) >= 11 is 0. The molecule has 1 aromatic rings. The maximum Gasteiger partial charge on any atom is 0.328 e. The first-order valence-electron chi connectivity index (χ1n) is 5.44. The van der Waals surface area contributed by atoms with Gasteiger partial charge in [-0.3, -0.25) is 4.79 Å². The van der Waals surface area contributed by atoms with Gasteiger partial charge in [-0.25, -0.2) is 9.78 Å². The van der Waals surface area contributed by atoms with Crippen LogP contribution in [0, 0.1) is 0 Å². The van der Waals surface area contributed by atoms with Crippen LogP contribution in [0.15, 0.2) is 18.3 Å². The minimum absolute atomic E-state index is 0.00405. The van der Waals surface area contributed by atoms with Crippen molar-refractivity contribution in [3.8, 4) is 0 Å². The maximum absolute atomic E-state index is 11.5. The van der Waals surface area contributed by atoms with Gasteiger partial charge < -0.3 is 15.3 Å². The van der Waals surface area contributed by atoms with Gasteiger partial charge in [0, 0.05) is 31.4 Å². The molecule has 0 aliphatic carbocycles. The summed E-state index contributed by atoms with van der Waals surface area (Å²) < 4.78 is 0. The van der Waals surface area contributed by atoms with Gasteiger partial charge in [-0.2, -0.15) is 0 Å². The van der Waals surface area contributed by atoms with Crippen LogP contribution in [-0.4, -0.2) is 40.5 Å². The Morgan fingerprint density at radius 1 is 1.61 bits per heavy atom. The predicted octanol–water partition coefficient (Wildman–Crippen LogP) is 0.563. The fourth-order valence-electron chi connectivity index (χ4n) is 1.71. The summed E-state index contributed by atoms with van der Waals surface area (Å²) in [5, 5.41) is 11.5. The molecule has 0 radical (unpaired) electrons. The molecule has 2 N–H and O–H groups in total. The molecular weight excluding hydrogens is 234 g/mol. The van der Waals surface area contributed by atoms with Crippen molar-refractivity contribution in [2.75, 3.05) is 18.9 Å². The van der Waals surface area contributed by atoms with Gasteiger partial charge in [-0.15, -0.1) is 0 Å². The number of carboxylic acids is 1. The highest BCUT2D eigenvalue weighted by Crippen LogP contribution is 2.19. The molecule has 94 valence electrons. The second-order valence-corrected chi connectivity index (χ2v) is 4.05. The molecule has 0 bridgehead atoms. The van der Waals surface area contributed by atoms with Gasteiger partial charge in [0.05, 0.1) is 6.54 Å². The lowest BCUT2D eigenvalue weighted by molar-refractivity contribution is -0.131. The molecule has 0 atom stereocenters. The average molecular weight is 247 g/mol. The SMILES string of the molecule is CN1Cc2cc(C=CC(=O)O)cnc2NCC1=O. The lowest BCUT2D eigenvalue weighted by atomic mass is 10.1. The van der Waals surface area contributed by atoms with Gasteiger partial charge in [-0.05, 0) is 17.7 Å². The summed E-state index contributed by atoms with van der Waals surface area (Å²) in [6.07, 6.45) is 4.10. The number of rotatable bonds is 2. The van der Waals surface area contributed by atoms with E-state index in [1.54, 1.807) is 18.1 Å². The fourth-order valence-corrected chi connectivity index (χ4v) is 1.71. The number of aromatic nitrogens is 1. The normalized spacial score (nSPS) is 15.2. The largest absolute Gasteiger partial charge is 0.478 e. The van der Waals surface area contributed by atoms with Gasteiger partial charge in [0.25, 0.3) is 0 Å². The number of hydrogen-bond donors (Lipinski definition) is 2. The average Bonchev–Trinajstić information content (AvgIpc) is 2.47. The van der Waals surface area contributed by atoms with Gasteiger partial charge in [0.2, 0.25) is 5.91 Å². The smallest absolute Gasteiger partial charge is 0.328 e. The zero-order valence-corrected chi connectivity index (χ0v) is 9.88. The Labute approximate surface area is 104 Å². The van der Waals surface area contributed by atoms with Crippen LogP contribution in [0.2, 0.25) is 0 Å². The molecule has 0 saturated carbocycles. The zero-order chi connectivity index (χ0) is 13.1. The second-order valence-electron chi connectivity index (χ2n) is 4.05. The molecule has 2 rings (SSSR count). The van der Waals surface area contributed by atoms with E-state index in [-0.39, 0.29) is 12.5 Å². The van der Waals surface area contributed by atoms with Crippen LogP contribution in [0.25, 0.3) is 6.08 Å². The topological polar surface area (TPSA) is 82.5 Å². The third-order valence-electron chi connectivity index (χ3n) is 2.65. The molecule has 2 heterocycles. The van der Waals surface area contributed by atoms with Crippen LogP contribution in [0.5, 0.6) is 0 Å². The van der Waals surface area contributed by atoms with Crippen molar-refractivity contribution < 1.29 is 14.7 Å². The number of fused-ring (bicyclic) bond motifs is 1. The fraction of sp³-hybridized carbons (Fsp3) is 0.250. The Balaban J connectivity index is 2.29. The third-order valence-corrected chi connectivity index (χ3v) is 2.65. The van der Waals surface area contributed by atoms with Crippen molar-refractivity contribution in [2.45, 2.75) is 6.54 Å². The van der Waals surface area contributed by atoms with Gasteiger partial charge in [-0.1, -0.05) is 0 Å². The Bertz CT molecular complexity index is 525. The van der Waals surface area contributed by atoms with E-state index in [0.717, 1.165) is 11.6 Å². The Morgan fingerprint density at radius 2 is 2.39 bits per heavy atom. The van der Waals surface area contributed by atoms with Crippen LogP contribution < -0.4 is 5.32 Å². The van der Waals surface area contributed by atoms with Gasteiger partial charge in [0.15, 0.2) is 0 Å². The lowest BCUT2D eigenvalue weighted by Crippen LogP contribution is -2.28. The number of hydrogen-bond acceptors (Lipinski definition) is 4. The van der Waals surface area contributed by atoms with E-state index in [4.69, 9.17) is 5.11 Å². The summed E-state index contributed by atoms with van der Waals surface area (Å²) in [6, 6.07) is 1.82. The number of nitrogens with one attached hydrogen (secondary N) is 1. The van der Waals surface area contributed by atoms with E-state index in [9.17, 15) is 9.59 Å². The summed E-state index contributed by atoms with van der Waals surface area (Å²) in [6.45, 7) is 0.684. The molecule has 1 amide bonds. The third kappa shape index (κ3) is 2.65. The number of anilines is 1. The first-order valence-corrected chi connectivity index (χ1v) is 5.44. The van der Waals surface area contributed by atoms with Crippen molar-refractivity contribution in [3.05, 3.63) is 29.5 Å². The molecule has 18 heavy (non-hydrogen) atoms. The summed E-state index contributed by atoms with van der Waals surface area (Å²) in [5.41, 5.74) is 1.57. The molecule has 0 aromatic carbocycles. The molecule has 0 saturated heterocycles. The number of pyridine rings is 1. The molecule has 1 aliphatic rings. The number of nitrogens with zero attached hydrogens (tertiary/aromatic N) is 2. The van der Waals surface area contributed by atoms with E-state index in [1.807, 2.05) is 6.07 Å². The minimum atomic E-state index is -1.00. The van der Waals surface area contributed by atoms with E-state index < -0.39 is 5.97 Å². The predicted molar refractivity (Wildman–Crippen MR) is 65.9 cm³/mol. The molecule has 1 aromatic heterocycles. The second kappa shape index (κ2) is 4.87. The van der Waals surface area contributed by atoms with Crippen LogP contribution in [0.1, 0.15) is 11.1 Å². The lowest BCUT2D eigenvalue weighted by Gasteiger charge is -2.13. The first kappa shape index (κ1) is 12.1. The van der Waals surface area contributed by atoms with Crippen molar-refractivity contribution >= 4 is 23.8 Å². The number of carboxylic acid groups (broad SMARTS) is 1. The van der Waals surface area contributed by atoms with Crippen LogP contribution in [0.3, 0.4) is 0 Å². The highest BCUT2D eigenvalue weighted by atomic mass is 16.4. The molecule has 6 heteroatoms. The highest BCUT2D eigenvalue weighted by Gasteiger charge is 2.17. The summed E-state index contributed by atoms with van der Waals surface area (Å²) in [4.78, 5) is 27.8. The van der Waals surface area contributed by atoms with Crippen molar-refractivity contribution in [1.82, 2.24) is 9.88 Å². The zero-order valence-electron chi connectivity index (χ0n) is 9.88. The summed E-state index contributed by atoms with van der Waals surface area (Å²) in [5.74, 6) is -0.342. The quantitative estimate of drug-likeness (QED) is 0.746. The van der Waals surface area contributed by atoms with Crippen LogP contribution >= 0.6 is 0 Å². The van der Waals surface area contributed by atoms with Crippen molar-refractivity contribution in [1.29, 1.82) is 0 Å². The standard InChI is InChI=1S/C12H13N3O3/c1-15-7-9-4-8(2-3-11(17)18)5-13-12(9)14-6-10(15)16/h2-5H,6-7H2,1H3,(H,13,14)(H,17,18). The number of amides is 1. The van der Waals surface area contributed by atoms with Gasteiger partial charge in [0.1, 0.15) is 5.82 Å². The van der Waals surface area contributed by atoms with Crippen molar-refractivity contribution in [3.63, 3.8) is 0 Å². The number of carbonyl (C=O) groups excluding carboxylic acids is 1. The molecule has 1 aliphatic heterocycles. The number of carbonyl (C=O) groups is 2. The monoisotopic (exact) mass is 247 g/mol. The van der Waals surface area contributed by atoms with Gasteiger partial charge >= 0.3 is 5.97 Å². The molecular formula is C12H13N3O3. The Hall–Kier alpha value is -2.37. The molecule has 0 unspecified atom stereocenters. The first-order chi connectivity index (χ1) is 8.56. The van der Waals surface area contributed by atoms with E-state index in [1.165, 1.54) is 6.08 Å². The molecule has 0 fully saturated rings. The highest BCUT2D eigenvalue weighted by molar-refractivity contribution is 5.85.